The van der Waals surface area contributed by atoms with Crippen molar-refractivity contribution in [2.75, 3.05) is 0 Å². The minimum atomic E-state index is -3.78. The summed E-state index contributed by atoms with van der Waals surface area (Å²) in [7, 11) is -3.78. The van der Waals surface area contributed by atoms with Crippen molar-refractivity contribution in [2.45, 2.75) is 11.8 Å². The fourth-order valence-electron chi connectivity index (χ4n) is 1.51. The number of hydrogen-bond acceptors (Lipinski definition) is 2. The Morgan fingerprint density at radius 3 is 2.45 bits per heavy atom. The van der Waals surface area contributed by atoms with E-state index in [2.05, 4.69) is 20.3 Å². The third-order valence-corrected chi connectivity index (χ3v) is 4.58. The lowest BCUT2D eigenvalue weighted by Crippen LogP contribution is -1.98. The van der Waals surface area contributed by atoms with E-state index in [-0.39, 0.29) is 4.90 Å². The molecule has 0 unspecified atom stereocenters. The summed E-state index contributed by atoms with van der Waals surface area (Å²) in [6, 6.07) is 10.3. The Hall–Kier alpha value is -1.53. The smallest absolute Gasteiger partial charge is 0.207 e. The topological polar surface area (TPSA) is 46.5 Å². The molecule has 0 spiro atoms. The maximum atomic E-state index is 13.1. The van der Waals surface area contributed by atoms with Crippen LogP contribution >= 0.6 is 15.9 Å². The fraction of sp³-hybridized carbons (Fsp3) is 0.0714. The lowest BCUT2D eigenvalue weighted by molar-refractivity contribution is 0.598. The molecule has 0 saturated heterocycles. The Balaban J connectivity index is 2.34. The molecule has 0 aromatic heterocycles. The average molecular weight is 356 g/mol. The minimum absolute atomic E-state index is 0.104. The van der Waals surface area contributed by atoms with Gasteiger partial charge < -0.3 is 0 Å². The number of aryl methyl sites for hydroxylation is 1. The van der Waals surface area contributed by atoms with Gasteiger partial charge in [0.05, 0.1) is 4.90 Å². The van der Waals surface area contributed by atoms with Crippen LogP contribution < -0.4 is 0 Å². The van der Waals surface area contributed by atoms with Gasteiger partial charge in [-0.25, -0.2) is 4.39 Å². The number of nitrogens with zero attached hydrogens (tertiary/aromatic N) is 1. The van der Waals surface area contributed by atoms with Crippen molar-refractivity contribution in [2.24, 2.45) is 4.40 Å². The predicted molar refractivity (Wildman–Crippen MR) is 80.1 cm³/mol. The van der Waals surface area contributed by atoms with Gasteiger partial charge in [0.2, 0.25) is 0 Å². The van der Waals surface area contributed by atoms with Crippen LogP contribution in [0.15, 0.2) is 56.2 Å². The highest BCUT2D eigenvalue weighted by molar-refractivity contribution is 9.10. The monoisotopic (exact) mass is 355 g/mol. The molecular formula is C14H11BrFNO2S. The second kappa shape index (κ2) is 5.85. The molecule has 104 valence electrons. The second-order valence-electron chi connectivity index (χ2n) is 4.19. The molecule has 0 heterocycles. The van der Waals surface area contributed by atoms with Crippen LogP contribution in [0.5, 0.6) is 0 Å². The first-order valence-electron chi connectivity index (χ1n) is 5.70. The van der Waals surface area contributed by atoms with Gasteiger partial charge in [-0.1, -0.05) is 33.6 Å². The maximum absolute atomic E-state index is 13.1. The van der Waals surface area contributed by atoms with Gasteiger partial charge in [0.25, 0.3) is 10.0 Å². The van der Waals surface area contributed by atoms with E-state index in [0.717, 1.165) is 11.8 Å². The lowest BCUT2D eigenvalue weighted by atomic mass is 10.2. The highest BCUT2D eigenvalue weighted by atomic mass is 79.9. The van der Waals surface area contributed by atoms with Crippen LogP contribution in [0.2, 0.25) is 0 Å². The lowest BCUT2D eigenvalue weighted by Gasteiger charge is -2.00. The largest absolute Gasteiger partial charge is 0.282 e. The quantitative estimate of drug-likeness (QED) is 0.788. The van der Waals surface area contributed by atoms with E-state index in [1.807, 2.05) is 6.92 Å². The summed E-state index contributed by atoms with van der Waals surface area (Å²) in [5.74, 6) is -0.456. The first-order chi connectivity index (χ1) is 9.38. The molecule has 0 N–H and O–H groups in total. The van der Waals surface area contributed by atoms with Crippen LogP contribution in [0.1, 0.15) is 11.1 Å². The normalized spacial score (nSPS) is 11.9. The van der Waals surface area contributed by atoms with Gasteiger partial charge in [-0.3, -0.25) is 0 Å². The molecule has 20 heavy (non-hydrogen) atoms. The minimum Gasteiger partial charge on any atom is -0.207 e. The summed E-state index contributed by atoms with van der Waals surface area (Å²) in [6.07, 6.45) is 1.13. The summed E-state index contributed by atoms with van der Waals surface area (Å²) in [5.41, 5.74) is 1.32. The van der Waals surface area contributed by atoms with E-state index in [0.29, 0.717) is 10.0 Å². The number of hydrogen-bond donors (Lipinski definition) is 0. The van der Waals surface area contributed by atoms with Gasteiger partial charge in [0.15, 0.2) is 0 Å². The van der Waals surface area contributed by atoms with E-state index in [1.54, 1.807) is 12.1 Å². The van der Waals surface area contributed by atoms with E-state index in [1.165, 1.54) is 30.3 Å². The molecule has 0 fully saturated rings. The molecule has 0 aliphatic carbocycles. The molecule has 2 rings (SSSR count). The molecule has 0 aliphatic heterocycles. The van der Waals surface area contributed by atoms with Crippen LogP contribution in [0.3, 0.4) is 0 Å². The highest BCUT2D eigenvalue weighted by Crippen LogP contribution is 2.18. The molecule has 0 bridgehead atoms. The van der Waals surface area contributed by atoms with Crippen molar-refractivity contribution in [3.63, 3.8) is 0 Å². The van der Waals surface area contributed by atoms with Gasteiger partial charge in [-0.15, -0.1) is 0 Å². The number of sulfonamides is 1. The average Bonchev–Trinajstić information content (AvgIpc) is 2.40. The summed E-state index contributed by atoms with van der Waals surface area (Å²) < 4.78 is 41.3. The number of rotatable bonds is 3. The molecule has 0 amide bonds. The first kappa shape index (κ1) is 14.9. The second-order valence-corrected chi connectivity index (χ2v) is 6.68. The molecule has 0 atom stereocenters. The summed E-state index contributed by atoms with van der Waals surface area (Å²) >= 11 is 3.21. The van der Waals surface area contributed by atoms with Crippen molar-refractivity contribution < 1.29 is 12.8 Å². The van der Waals surface area contributed by atoms with Crippen LogP contribution in [0.25, 0.3) is 0 Å². The zero-order valence-corrected chi connectivity index (χ0v) is 12.9. The van der Waals surface area contributed by atoms with E-state index < -0.39 is 15.8 Å². The molecule has 2 aromatic carbocycles. The molecule has 3 nitrogen and oxygen atoms in total. The number of benzene rings is 2. The van der Waals surface area contributed by atoms with Crippen LogP contribution in [0.4, 0.5) is 4.39 Å². The molecule has 0 aliphatic rings. The van der Waals surface area contributed by atoms with E-state index in [9.17, 15) is 12.8 Å². The van der Waals surface area contributed by atoms with Crippen molar-refractivity contribution in [3.05, 3.63) is 63.9 Å². The Kier molecular flexibility index (Phi) is 4.35. The van der Waals surface area contributed by atoms with Crippen molar-refractivity contribution in [3.8, 4) is 0 Å². The fourth-order valence-corrected chi connectivity index (χ4v) is 2.71. The number of halogens is 2. The van der Waals surface area contributed by atoms with Crippen molar-refractivity contribution in [1.29, 1.82) is 0 Å². The van der Waals surface area contributed by atoms with Crippen LogP contribution in [-0.4, -0.2) is 14.6 Å². The summed E-state index contributed by atoms with van der Waals surface area (Å²) in [5, 5.41) is 0. The highest BCUT2D eigenvalue weighted by Gasteiger charge is 2.11. The van der Waals surface area contributed by atoms with E-state index >= 15 is 0 Å². The third kappa shape index (κ3) is 3.52. The first-order valence-corrected chi connectivity index (χ1v) is 7.94. The third-order valence-electron chi connectivity index (χ3n) is 2.61. The van der Waals surface area contributed by atoms with Gasteiger partial charge in [-0.2, -0.15) is 12.8 Å². The summed E-state index contributed by atoms with van der Waals surface area (Å²) in [4.78, 5) is 0.104. The van der Waals surface area contributed by atoms with Gasteiger partial charge in [-0.05, 0) is 37.3 Å². The molecular weight excluding hydrogens is 345 g/mol. The van der Waals surface area contributed by atoms with Crippen molar-refractivity contribution in [1.82, 2.24) is 0 Å². The van der Waals surface area contributed by atoms with E-state index in [4.69, 9.17) is 0 Å². The SMILES string of the molecule is Cc1ccc(S(=O)(=O)N=Cc2cc(F)ccc2Br)cc1. The molecule has 0 saturated carbocycles. The Morgan fingerprint density at radius 1 is 1.15 bits per heavy atom. The summed E-state index contributed by atoms with van der Waals surface area (Å²) in [6.45, 7) is 1.86. The standard InChI is InChI=1S/C14H11BrFNO2S/c1-10-2-5-13(6-3-10)20(18,19)17-9-11-8-12(16)4-7-14(11)15/h2-9H,1H3. The zero-order chi connectivity index (χ0) is 14.8. The Bertz CT molecular complexity index is 755. The van der Waals surface area contributed by atoms with Gasteiger partial charge in [0.1, 0.15) is 5.82 Å². The van der Waals surface area contributed by atoms with Crippen molar-refractivity contribution >= 4 is 32.2 Å². The molecule has 6 heteroatoms. The van der Waals surface area contributed by atoms with Gasteiger partial charge >= 0.3 is 0 Å². The molecule has 2 aromatic rings. The predicted octanol–water partition coefficient (Wildman–Crippen LogP) is 3.70. The maximum Gasteiger partial charge on any atom is 0.282 e. The van der Waals surface area contributed by atoms with Gasteiger partial charge in [0, 0.05) is 16.3 Å². The molecule has 0 radical (unpaired) electrons. The van der Waals surface area contributed by atoms with Crippen LogP contribution in [0, 0.1) is 12.7 Å². The Labute approximate surface area is 125 Å². The van der Waals surface area contributed by atoms with Crippen LogP contribution in [-0.2, 0) is 10.0 Å². The zero-order valence-electron chi connectivity index (χ0n) is 10.5. The Morgan fingerprint density at radius 2 is 1.80 bits per heavy atom.